The van der Waals surface area contributed by atoms with Crippen LogP contribution in [0.2, 0.25) is 0 Å². The molecular formula is C16H14N2OS2. The molecule has 5 heteroatoms. The van der Waals surface area contributed by atoms with Gasteiger partial charge in [0.05, 0.1) is 5.39 Å². The first-order valence-electron chi connectivity index (χ1n) is 6.96. The highest BCUT2D eigenvalue weighted by Crippen LogP contribution is 2.35. The third kappa shape index (κ3) is 2.40. The second-order valence-corrected chi connectivity index (χ2v) is 7.35. The molecule has 1 N–H and O–H groups in total. The third-order valence-corrected chi connectivity index (χ3v) is 6.03. The zero-order valence-electron chi connectivity index (χ0n) is 11.4. The Balaban J connectivity index is 1.81. The average Bonchev–Trinajstić information content (AvgIpc) is 2.87. The minimum atomic E-state index is 0.0235. The molecule has 0 radical (unpaired) electrons. The Morgan fingerprint density at radius 1 is 1.24 bits per heavy atom. The fourth-order valence-corrected chi connectivity index (χ4v) is 5.12. The molecule has 21 heavy (non-hydrogen) atoms. The Bertz CT molecular complexity index is 852. The molecule has 0 saturated carbocycles. The van der Waals surface area contributed by atoms with Gasteiger partial charge in [0, 0.05) is 17.1 Å². The average molecular weight is 314 g/mol. The van der Waals surface area contributed by atoms with Crippen molar-refractivity contribution in [3.63, 3.8) is 0 Å². The van der Waals surface area contributed by atoms with Crippen molar-refractivity contribution < 1.29 is 0 Å². The maximum atomic E-state index is 12.4. The number of thiophene rings is 1. The van der Waals surface area contributed by atoms with Gasteiger partial charge in [0.2, 0.25) is 0 Å². The summed E-state index contributed by atoms with van der Waals surface area (Å²) in [4.78, 5) is 22.3. The van der Waals surface area contributed by atoms with E-state index in [2.05, 4.69) is 17.1 Å². The van der Waals surface area contributed by atoms with Gasteiger partial charge in [-0.15, -0.1) is 11.3 Å². The first-order chi connectivity index (χ1) is 10.3. The maximum absolute atomic E-state index is 12.4. The molecule has 0 fully saturated rings. The van der Waals surface area contributed by atoms with Crippen LogP contribution in [-0.4, -0.2) is 15.7 Å². The van der Waals surface area contributed by atoms with Crippen molar-refractivity contribution >= 4 is 33.3 Å². The van der Waals surface area contributed by atoms with Crippen molar-refractivity contribution in [1.82, 2.24) is 9.97 Å². The molecule has 1 aromatic carbocycles. The van der Waals surface area contributed by atoms with Crippen LogP contribution >= 0.6 is 23.1 Å². The van der Waals surface area contributed by atoms with Gasteiger partial charge >= 0.3 is 0 Å². The normalized spacial score (nSPS) is 14.3. The summed E-state index contributed by atoms with van der Waals surface area (Å²) in [7, 11) is 0. The number of aromatic amines is 1. The molecule has 1 aliphatic rings. The van der Waals surface area contributed by atoms with Crippen LogP contribution in [0.3, 0.4) is 0 Å². The lowest BCUT2D eigenvalue weighted by atomic mass is 10.1. The van der Waals surface area contributed by atoms with Crippen LogP contribution in [0.25, 0.3) is 10.2 Å². The van der Waals surface area contributed by atoms with Crippen molar-refractivity contribution in [2.75, 3.05) is 5.75 Å². The van der Waals surface area contributed by atoms with Crippen LogP contribution in [0.1, 0.15) is 21.8 Å². The van der Waals surface area contributed by atoms with Crippen LogP contribution in [-0.2, 0) is 18.6 Å². The number of nitrogens with zero attached hydrogens (tertiary/aromatic N) is 1. The lowest BCUT2D eigenvalue weighted by molar-refractivity contribution is 0.974. The number of thioether (sulfide) groups is 1. The standard InChI is InChI=1S/C16H14N2OS2/c19-15-14-11-6-7-20-9-12(11)21-16(14)18-13(17-15)8-10-4-2-1-3-5-10/h1-5H,6-9H2,(H,17,18,19). The highest BCUT2D eigenvalue weighted by molar-refractivity contribution is 7.98. The number of benzene rings is 1. The van der Waals surface area contributed by atoms with Crippen LogP contribution < -0.4 is 5.56 Å². The molecule has 0 aliphatic carbocycles. The van der Waals surface area contributed by atoms with Gasteiger partial charge in [-0.3, -0.25) is 4.79 Å². The molecule has 0 amide bonds. The predicted octanol–water partition coefficient (Wildman–Crippen LogP) is 3.36. The lowest BCUT2D eigenvalue weighted by Gasteiger charge is -2.09. The van der Waals surface area contributed by atoms with Gasteiger partial charge in [0.25, 0.3) is 5.56 Å². The molecule has 106 valence electrons. The van der Waals surface area contributed by atoms with Crippen molar-refractivity contribution in [2.24, 2.45) is 0 Å². The summed E-state index contributed by atoms with van der Waals surface area (Å²) < 4.78 is 0. The molecule has 1 aliphatic heterocycles. The monoisotopic (exact) mass is 314 g/mol. The first-order valence-corrected chi connectivity index (χ1v) is 8.93. The van der Waals surface area contributed by atoms with Crippen LogP contribution in [0, 0.1) is 0 Å². The van der Waals surface area contributed by atoms with E-state index >= 15 is 0 Å². The highest BCUT2D eigenvalue weighted by atomic mass is 32.2. The number of aromatic nitrogens is 2. The molecular weight excluding hydrogens is 300 g/mol. The molecule has 0 bridgehead atoms. The van der Waals surface area contributed by atoms with Gasteiger partial charge in [0.15, 0.2) is 0 Å². The highest BCUT2D eigenvalue weighted by Gasteiger charge is 2.19. The first kappa shape index (κ1) is 13.1. The van der Waals surface area contributed by atoms with Crippen molar-refractivity contribution in [1.29, 1.82) is 0 Å². The van der Waals surface area contributed by atoms with Crippen LogP contribution in [0.15, 0.2) is 35.1 Å². The smallest absolute Gasteiger partial charge is 0.259 e. The molecule has 4 rings (SSSR count). The summed E-state index contributed by atoms with van der Waals surface area (Å²) in [6.07, 6.45) is 1.66. The fraction of sp³-hybridized carbons (Fsp3) is 0.250. The number of hydrogen-bond donors (Lipinski definition) is 1. The summed E-state index contributed by atoms with van der Waals surface area (Å²) in [5.74, 6) is 2.87. The van der Waals surface area contributed by atoms with Gasteiger partial charge in [0.1, 0.15) is 10.7 Å². The number of fused-ring (bicyclic) bond motifs is 3. The second kappa shape index (κ2) is 5.31. The van der Waals surface area contributed by atoms with E-state index < -0.39 is 0 Å². The van der Waals surface area contributed by atoms with Crippen LogP contribution in [0.4, 0.5) is 0 Å². The van der Waals surface area contributed by atoms with Crippen molar-refractivity contribution in [2.45, 2.75) is 18.6 Å². The third-order valence-electron chi connectivity index (χ3n) is 3.74. The number of H-pyrrole nitrogens is 1. The fourth-order valence-electron chi connectivity index (χ4n) is 2.75. The molecule has 3 nitrogen and oxygen atoms in total. The number of rotatable bonds is 2. The second-order valence-electron chi connectivity index (χ2n) is 5.16. The van der Waals surface area contributed by atoms with Crippen molar-refractivity contribution in [3.8, 4) is 0 Å². The Hall–Kier alpha value is -1.59. The van der Waals surface area contributed by atoms with E-state index in [-0.39, 0.29) is 5.56 Å². The van der Waals surface area contributed by atoms with Crippen molar-refractivity contribution in [3.05, 3.63) is 62.5 Å². The predicted molar refractivity (Wildman–Crippen MR) is 89.4 cm³/mol. The van der Waals surface area contributed by atoms with E-state index in [0.29, 0.717) is 6.42 Å². The van der Waals surface area contributed by atoms with Gasteiger partial charge < -0.3 is 4.98 Å². The van der Waals surface area contributed by atoms with E-state index in [9.17, 15) is 4.79 Å². The summed E-state index contributed by atoms with van der Waals surface area (Å²) in [6.45, 7) is 0. The zero-order chi connectivity index (χ0) is 14.2. The summed E-state index contributed by atoms with van der Waals surface area (Å²) in [6, 6.07) is 10.1. The summed E-state index contributed by atoms with van der Waals surface area (Å²) in [5, 5.41) is 0.826. The molecule has 3 heterocycles. The molecule has 0 spiro atoms. The molecule has 0 unspecified atom stereocenters. The summed E-state index contributed by atoms with van der Waals surface area (Å²) >= 11 is 3.62. The molecule has 2 aromatic heterocycles. The quantitative estimate of drug-likeness (QED) is 0.789. The van der Waals surface area contributed by atoms with E-state index in [1.165, 1.54) is 10.4 Å². The molecule has 3 aromatic rings. The maximum Gasteiger partial charge on any atom is 0.259 e. The Labute approximate surface area is 130 Å². The number of hydrogen-bond acceptors (Lipinski definition) is 4. The summed E-state index contributed by atoms with van der Waals surface area (Å²) in [5.41, 5.74) is 2.42. The largest absolute Gasteiger partial charge is 0.310 e. The van der Waals surface area contributed by atoms with Gasteiger partial charge in [-0.1, -0.05) is 30.3 Å². The van der Waals surface area contributed by atoms with Gasteiger partial charge in [-0.25, -0.2) is 4.98 Å². The van der Waals surface area contributed by atoms with E-state index in [0.717, 1.165) is 39.5 Å². The molecule has 0 saturated heterocycles. The minimum absolute atomic E-state index is 0.0235. The Kier molecular flexibility index (Phi) is 3.31. The SMILES string of the molecule is O=c1[nH]c(Cc2ccccc2)nc2sc3c(c12)CCSC3. The lowest BCUT2D eigenvalue weighted by Crippen LogP contribution is -2.13. The van der Waals surface area contributed by atoms with Gasteiger partial charge in [-0.2, -0.15) is 11.8 Å². The van der Waals surface area contributed by atoms with Crippen LogP contribution in [0.5, 0.6) is 0 Å². The Morgan fingerprint density at radius 2 is 2.10 bits per heavy atom. The topological polar surface area (TPSA) is 45.8 Å². The number of nitrogens with one attached hydrogen (secondary N) is 1. The number of aryl methyl sites for hydroxylation is 1. The van der Waals surface area contributed by atoms with Gasteiger partial charge in [-0.05, 0) is 23.3 Å². The van der Waals surface area contributed by atoms with E-state index in [1.54, 1.807) is 11.3 Å². The Morgan fingerprint density at radius 3 is 2.95 bits per heavy atom. The van der Waals surface area contributed by atoms with E-state index in [4.69, 9.17) is 4.98 Å². The molecule has 0 atom stereocenters. The van der Waals surface area contributed by atoms with E-state index in [1.807, 2.05) is 30.0 Å². The minimum Gasteiger partial charge on any atom is -0.310 e. The zero-order valence-corrected chi connectivity index (χ0v) is 13.0.